The van der Waals surface area contributed by atoms with Gasteiger partial charge in [-0.25, -0.2) is 0 Å². The van der Waals surface area contributed by atoms with E-state index >= 15 is 0 Å². The number of fused-ring (bicyclic) bond motifs is 3. The van der Waals surface area contributed by atoms with Gasteiger partial charge in [0.1, 0.15) is 11.2 Å². The van der Waals surface area contributed by atoms with Crippen molar-refractivity contribution >= 4 is 54.3 Å². The molecule has 47 heavy (non-hydrogen) atoms. The number of hydrogen-bond acceptors (Lipinski definition) is 1. The van der Waals surface area contributed by atoms with Crippen LogP contribution in [0, 0.1) is 0 Å². The number of hydrogen-bond donors (Lipinski definition) is 0. The Labute approximate surface area is 272 Å². The highest BCUT2D eigenvalue weighted by Gasteiger charge is 2.20. The first-order valence-corrected chi connectivity index (χ1v) is 16.2. The Balaban J connectivity index is 1.29. The van der Waals surface area contributed by atoms with Crippen molar-refractivity contribution in [3.05, 3.63) is 170 Å². The van der Waals surface area contributed by atoms with Crippen LogP contribution >= 0.6 is 0 Å². The third-order valence-corrected chi connectivity index (χ3v) is 9.83. The van der Waals surface area contributed by atoms with E-state index in [9.17, 15) is 0 Å². The van der Waals surface area contributed by atoms with Crippen molar-refractivity contribution in [1.29, 1.82) is 0 Å². The molecule has 10 rings (SSSR count). The number of rotatable bonds is 4. The van der Waals surface area contributed by atoms with Gasteiger partial charge >= 0.3 is 0 Å². The summed E-state index contributed by atoms with van der Waals surface area (Å²) in [6.07, 6.45) is 0. The average Bonchev–Trinajstić information content (AvgIpc) is 3.53. The van der Waals surface area contributed by atoms with Gasteiger partial charge in [-0.1, -0.05) is 152 Å². The summed E-state index contributed by atoms with van der Waals surface area (Å²) >= 11 is 0. The van der Waals surface area contributed by atoms with E-state index in [2.05, 4.69) is 170 Å². The minimum atomic E-state index is 0.900. The van der Waals surface area contributed by atoms with Gasteiger partial charge in [-0.2, -0.15) is 0 Å². The fourth-order valence-electron chi connectivity index (χ4n) is 7.69. The molecule has 0 spiro atoms. The molecule has 0 saturated carbocycles. The summed E-state index contributed by atoms with van der Waals surface area (Å²) in [5.74, 6) is 0. The van der Waals surface area contributed by atoms with Crippen LogP contribution in [0.4, 0.5) is 0 Å². The predicted molar refractivity (Wildman–Crippen MR) is 199 cm³/mol. The first kappa shape index (κ1) is 26.1. The van der Waals surface area contributed by atoms with Crippen LogP contribution in [0.15, 0.2) is 174 Å². The van der Waals surface area contributed by atoms with Crippen LogP contribution in [-0.4, -0.2) is 0 Å². The second kappa shape index (κ2) is 10.2. The maximum atomic E-state index is 6.78. The third-order valence-electron chi connectivity index (χ3n) is 9.83. The second-order valence-electron chi connectivity index (χ2n) is 12.4. The summed E-state index contributed by atoms with van der Waals surface area (Å²) in [4.78, 5) is 0. The molecule has 0 saturated heterocycles. The highest BCUT2D eigenvalue weighted by atomic mass is 16.3. The lowest BCUT2D eigenvalue weighted by atomic mass is 9.86. The van der Waals surface area contributed by atoms with Crippen LogP contribution in [0.1, 0.15) is 0 Å². The number of furan rings is 1. The van der Waals surface area contributed by atoms with Crippen molar-refractivity contribution in [2.24, 2.45) is 0 Å². The van der Waals surface area contributed by atoms with E-state index < -0.39 is 0 Å². The fourth-order valence-corrected chi connectivity index (χ4v) is 7.69. The molecule has 0 aliphatic carbocycles. The van der Waals surface area contributed by atoms with Crippen LogP contribution in [0.3, 0.4) is 0 Å². The molecule has 1 aromatic heterocycles. The Hall–Kier alpha value is -6.18. The van der Waals surface area contributed by atoms with Gasteiger partial charge in [0, 0.05) is 16.3 Å². The Morgan fingerprint density at radius 3 is 1.51 bits per heavy atom. The van der Waals surface area contributed by atoms with E-state index in [-0.39, 0.29) is 0 Å². The van der Waals surface area contributed by atoms with Gasteiger partial charge in [0.05, 0.1) is 0 Å². The average molecular weight is 597 g/mol. The van der Waals surface area contributed by atoms with Crippen LogP contribution in [-0.2, 0) is 0 Å². The van der Waals surface area contributed by atoms with E-state index in [4.69, 9.17) is 4.42 Å². The van der Waals surface area contributed by atoms with Gasteiger partial charge in [-0.05, 0) is 89.5 Å². The molecular weight excluding hydrogens is 569 g/mol. The standard InChI is InChI=1S/C46H28O/c1-4-11-29(12-5-1)34-27-40(31-15-8-3-9-16-31)46-41(28-34)45-37(17-10-18-42(45)47-46)36-24-20-33-21-25-38-35(30-13-6-2-7-14-30)23-19-32-22-26-39(36)44(33)43(32)38/h1-28H. The molecule has 0 aliphatic heterocycles. The Morgan fingerprint density at radius 2 is 0.851 bits per heavy atom. The van der Waals surface area contributed by atoms with Crippen LogP contribution in [0.25, 0.3) is 98.8 Å². The van der Waals surface area contributed by atoms with Gasteiger partial charge in [0.2, 0.25) is 0 Å². The molecule has 0 bridgehead atoms. The zero-order valence-electron chi connectivity index (χ0n) is 25.6. The Bertz CT molecular complexity index is 2750. The number of benzene rings is 9. The molecule has 0 fully saturated rings. The van der Waals surface area contributed by atoms with Crippen LogP contribution in [0.5, 0.6) is 0 Å². The largest absolute Gasteiger partial charge is 0.455 e. The van der Waals surface area contributed by atoms with Crippen molar-refractivity contribution in [1.82, 2.24) is 0 Å². The smallest absolute Gasteiger partial charge is 0.143 e. The monoisotopic (exact) mass is 596 g/mol. The minimum Gasteiger partial charge on any atom is -0.455 e. The molecule has 0 unspecified atom stereocenters. The van der Waals surface area contributed by atoms with E-state index in [1.165, 1.54) is 65.7 Å². The normalized spacial score (nSPS) is 11.8. The molecule has 9 aromatic carbocycles. The molecule has 1 heterocycles. The summed E-state index contributed by atoms with van der Waals surface area (Å²) < 4.78 is 6.78. The lowest BCUT2D eigenvalue weighted by molar-refractivity contribution is 0.670. The molecule has 0 atom stereocenters. The van der Waals surface area contributed by atoms with Crippen LogP contribution in [0.2, 0.25) is 0 Å². The van der Waals surface area contributed by atoms with Gasteiger partial charge in [-0.3, -0.25) is 0 Å². The molecule has 0 N–H and O–H groups in total. The molecular formula is C46H28O. The van der Waals surface area contributed by atoms with E-state index in [1.807, 2.05) is 0 Å². The maximum Gasteiger partial charge on any atom is 0.143 e. The first-order chi connectivity index (χ1) is 23.3. The minimum absolute atomic E-state index is 0.900. The van der Waals surface area contributed by atoms with Gasteiger partial charge in [0.15, 0.2) is 0 Å². The summed E-state index contributed by atoms with van der Waals surface area (Å²) in [6, 6.07) is 61.4. The Morgan fingerprint density at radius 1 is 0.298 bits per heavy atom. The summed E-state index contributed by atoms with van der Waals surface area (Å²) in [6.45, 7) is 0. The van der Waals surface area contributed by atoms with Crippen molar-refractivity contribution in [3.8, 4) is 44.5 Å². The second-order valence-corrected chi connectivity index (χ2v) is 12.4. The Kier molecular flexibility index (Phi) is 5.64. The van der Waals surface area contributed by atoms with Gasteiger partial charge in [0.25, 0.3) is 0 Å². The van der Waals surface area contributed by atoms with Crippen molar-refractivity contribution in [2.45, 2.75) is 0 Å². The quantitative estimate of drug-likeness (QED) is 0.184. The first-order valence-electron chi connectivity index (χ1n) is 16.2. The van der Waals surface area contributed by atoms with Crippen molar-refractivity contribution < 1.29 is 4.42 Å². The lowest BCUT2D eigenvalue weighted by Crippen LogP contribution is -1.90. The highest BCUT2D eigenvalue weighted by Crippen LogP contribution is 2.46. The third kappa shape index (κ3) is 3.97. The molecule has 1 heteroatoms. The topological polar surface area (TPSA) is 13.1 Å². The summed E-state index contributed by atoms with van der Waals surface area (Å²) in [5.41, 5.74) is 11.4. The summed E-state index contributed by atoms with van der Waals surface area (Å²) in [7, 11) is 0. The zero-order valence-corrected chi connectivity index (χ0v) is 25.6. The molecule has 0 amide bonds. The summed E-state index contributed by atoms with van der Waals surface area (Å²) in [5, 5.41) is 9.99. The highest BCUT2D eigenvalue weighted by molar-refractivity contribution is 6.29. The maximum absolute atomic E-state index is 6.78. The van der Waals surface area contributed by atoms with Crippen LogP contribution < -0.4 is 0 Å². The lowest BCUT2D eigenvalue weighted by Gasteiger charge is -2.17. The molecule has 0 aliphatic rings. The van der Waals surface area contributed by atoms with Gasteiger partial charge < -0.3 is 4.42 Å². The van der Waals surface area contributed by atoms with Gasteiger partial charge in [-0.15, -0.1) is 0 Å². The predicted octanol–water partition coefficient (Wildman–Crippen LogP) is 13.2. The van der Waals surface area contributed by atoms with Crippen molar-refractivity contribution in [3.63, 3.8) is 0 Å². The molecule has 218 valence electrons. The van der Waals surface area contributed by atoms with E-state index in [0.29, 0.717) is 0 Å². The molecule has 1 nitrogen and oxygen atoms in total. The van der Waals surface area contributed by atoms with E-state index in [1.54, 1.807) is 0 Å². The molecule has 10 aromatic rings. The molecule has 0 radical (unpaired) electrons. The van der Waals surface area contributed by atoms with Crippen molar-refractivity contribution in [2.75, 3.05) is 0 Å². The fraction of sp³-hybridized carbons (Fsp3) is 0. The zero-order chi connectivity index (χ0) is 30.9. The SMILES string of the molecule is c1ccc(-c2cc(-c3ccccc3)c3oc4cccc(-c5ccc6ccc7c(-c8ccccc8)ccc8ccc5c6c87)c4c3c2)cc1. The van der Waals surface area contributed by atoms with E-state index in [0.717, 1.165) is 33.1 Å².